The van der Waals surface area contributed by atoms with E-state index in [1.165, 1.54) is 70.6 Å². The lowest BCUT2D eigenvalue weighted by Gasteiger charge is -2.11. The van der Waals surface area contributed by atoms with Crippen molar-refractivity contribution in [1.29, 1.82) is 0 Å². The summed E-state index contributed by atoms with van der Waals surface area (Å²) in [7, 11) is 0. The highest BCUT2D eigenvalue weighted by Crippen LogP contribution is 2.10. The van der Waals surface area contributed by atoms with Gasteiger partial charge in [-0.3, -0.25) is 19.6 Å². The number of carboxylic acid groups (broad SMARTS) is 2. The second-order valence-electron chi connectivity index (χ2n) is 7.54. The third-order valence-corrected chi connectivity index (χ3v) is 4.78. The molecule has 30 heavy (non-hydrogen) atoms. The Balaban J connectivity index is 0. The maximum Gasteiger partial charge on any atom is 0.321 e. The lowest BCUT2D eigenvalue weighted by atomic mass is 10.1. The molecule has 0 saturated carbocycles. The molecule has 0 fully saturated rings. The fourth-order valence-corrected chi connectivity index (χ4v) is 3.00. The molecule has 0 amide bonds. The zero-order chi connectivity index (χ0) is 21.7. The Labute approximate surface area is 181 Å². The Morgan fingerprint density at radius 1 is 0.800 bits per heavy atom. The molecule has 174 valence electrons. The first-order valence-electron chi connectivity index (χ1n) is 11.2. The van der Waals surface area contributed by atoms with Crippen molar-refractivity contribution in [2.75, 3.05) is 0 Å². The van der Waals surface area contributed by atoms with Gasteiger partial charge in [-0.1, -0.05) is 115 Å². The minimum absolute atomic E-state index is 0. The number of halogens is 1. The Kier molecular flexibility index (Phi) is 21.9. The molecule has 6 heteroatoms. The van der Waals surface area contributed by atoms with E-state index in [-0.39, 0.29) is 4.70 Å². The monoisotopic (exact) mass is 427 g/mol. The van der Waals surface area contributed by atoms with Crippen molar-refractivity contribution in [3.8, 4) is 0 Å². The van der Waals surface area contributed by atoms with Gasteiger partial charge in [0.15, 0.2) is 0 Å². The average Bonchev–Trinajstić information content (AvgIpc) is 2.71. The van der Waals surface area contributed by atoms with Crippen molar-refractivity contribution in [2.45, 2.75) is 103 Å². The van der Waals surface area contributed by atoms with E-state index >= 15 is 0 Å². The van der Waals surface area contributed by atoms with Crippen LogP contribution in [0.3, 0.4) is 0 Å². The van der Waals surface area contributed by atoms with Crippen molar-refractivity contribution < 1.29 is 24.5 Å². The molecule has 1 unspecified atom stereocenters. The zero-order valence-electron chi connectivity index (χ0n) is 18.8. The summed E-state index contributed by atoms with van der Waals surface area (Å²) in [6.07, 6.45) is 15.5. The minimum Gasteiger partial charge on any atom is -0.481 e. The summed E-state index contributed by atoms with van der Waals surface area (Å²) in [5, 5.41) is 20.0. The topological polar surface area (TPSA) is 86.6 Å². The van der Waals surface area contributed by atoms with Crippen LogP contribution in [0.25, 0.3) is 0 Å². The van der Waals surface area contributed by atoms with Crippen LogP contribution < -0.4 is 5.32 Å². The molecule has 0 saturated heterocycles. The number of rotatable bonds is 16. The second kappa shape index (κ2) is 21.8. The normalized spacial score (nSPS) is 11.0. The van der Waals surface area contributed by atoms with Gasteiger partial charge in [-0.25, -0.2) is 0 Å². The summed E-state index contributed by atoms with van der Waals surface area (Å²) in [6, 6.07) is 8.15. The summed E-state index contributed by atoms with van der Waals surface area (Å²) in [5.41, 5.74) is 0.916. The number of aliphatic carboxylic acids is 2. The summed E-state index contributed by atoms with van der Waals surface area (Å²) in [5.74, 6) is -2.29. The first-order valence-corrected chi connectivity index (χ1v) is 11.2. The van der Waals surface area contributed by atoms with E-state index < -0.39 is 24.4 Å². The molecule has 0 aromatic heterocycles. The van der Waals surface area contributed by atoms with Gasteiger partial charge in [0.2, 0.25) is 0 Å². The molecule has 1 atom stereocenters. The smallest absolute Gasteiger partial charge is 0.321 e. The molecule has 5 nitrogen and oxygen atoms in total. The van der Waals surface area contributed by atoms with Gasteiger partial charge < -0.3 is 10.2 Å². The quantitative estimate of drug-likeness (QED) is 0.274. The van der Waals surface area contributed by atoms with Gasteiger partial charge in [0.25, 0.3) is 0 Å². The third kappa shape index (κ3) is 19.4. The van der Waals surface area contributed by atoms with Crippen LogP contribution in [0.2, 0.25) is 0 Å². The lowest BCUT2D eigenvalue weighted by Crippen LogP contribution is -2.38. The van der Waals surface area contributed by atoms with E-state index in [1.807, 2.05) is 30.3 Å². The number of carboxylic acids is 2. The Morgan fingerprint density at radius 2 is 1.23 bits per heavy atom. The summed E-state index contributed by atoms with van der Waals surface area (Å²) < 4.78 is 0. The molecule has 0 heterocycles. The van der Waals surface area contributed by atoms with Crippen LogP contribution in [-0.2, 0) is 16.1 Å². The number of nitrogens with one attached hydrogen (secondary N) is 1. The number of unbranched alkanes of at least 4 members (excludes halogenated alkanes) is 10. The average molecular weight is 428 g/mol. The number of hydrogen-bond acceptors (Lipinski definition) is 3. The molecule has 0 spiro atoms. The molecule has 1 aromatic rings. The van der Waals surface area contributed by atoms with Gasteiger partial charge in [0.1, 0.15) is 6.04 Å². The van der Waals surface area contributed by atoms with Crippen molar-refractivity contribution in [3.05, 3.63) is 35.9 Å². The SMILES string of the molecule is CCCCCCCCCCCCC.F.O=C(O)CC(NCc1ccccc1)C(=O)O. The third-order valence-electron chi connectivity index (χ3n) is 4.78. The van der Waals surface area contributed by atoms with Crippen LogP contribution >= 0.6 is 0 Å². The molecule has 0 radical (unpaired) electrons. The standard InChI is InChI=1S/C13H28.C11H13NO4.FH/c1-3-5-7-9-11-13-12-10-8-6-4-2;13-10(14)6-9(11(15)16)12-7-8-4-2-1-3-5-8;/h3-13H2,1-2H3;1-5,9,12H,6-7H2,(H,13,14)(H,15,16);1H. The first-order chi connectivity index (χ1) is 14.0. The highest BCUT2D eigenvalue weighted by molar-refractivity contribution is 5.80. The van der Waals surface area contributed by atoms with Crippen LogP contribution in [0, 0.1) is 0 Å². The first kappa shape index (κ1) is 30.2. The summed E-state index contributed by atoms with van der Waals surface area (Å²) in [6.45, 7) is 4.90. The van der Waals surface area contributed by atoms with Crippen LogP contribution in [0.15, 0.2) is 30.3 Å². The molecule has 0 aliphatic rings. The molecule has 1 rings (SSSR count). The van der Waals surface area contributed by atoms with Crippen LogP contribution in [-0.4, -0.2) is 28.2 Å². The highest BCUT2D eigenvalue weighted by atomic mass is 19.0. The predicted octanol–water partition coefficient (Wildman–Crippen LogP) is 6.17. The zero-order valence-corrected chi connectivity index (χ0v) is 18.8. The van der Waals surface area contributed by atoms with Crippen molar-refractivity contribution in [2.24, 2.45) is 0 Å². The maximum atomic E-state index is 10.7. The highest BCUT2D eigenvalue weighted by Gasteiger charge is 2.19. The molecule has 0 aliphatic carbocycles. The Bertz CT molecular complexity index is 515. The van der Waals surface area contributed by atoms with E-state index in [9.17, 15) is 9.59 Å². The summed E-state index contributed by atoms with van der Waals surface area (Å²) >= 11 is 0. The van der Waals surface area contributed by atoms with Crippen molar-refractivity contribution in [1.82, 2.24) is 5.32 Å². The van der Waals surface area contributed by atoms with E-state index in [4.69, 9.17) is 10.2 Å². The Hall–Kier alpha value is -1.95. The van der Waals surface area contributed by atoms with E-state index in [1.54, 1.807) is 0 Å². The number of carbonyl (C=O) groups is 2. The van der Waals surface area contributed by atoms with Gasteiger partial charge in [0, 0.05) is 6.54 Å². The minimum atomic E-state index is -1.15. The van der Waals surface area contributed by atoms with Crippen LogP contribution in [0.5, 0.6) is 0 Å². The molecular weight excluding hydrogens is 385 g/mol. The predicted molar refractivity (Wildman–Crippen MR) is 122 cm³/mol. The molecular formula is C24H42FNO4. The van der Waals surface area contributed by atoms with Gasteiger partial charge in [-0.15, -0.1) is 0 Å². The van der Waals surface area contributed by atoms with Crippen molar-refractivity contribution in [3.63, 3.8) is 0 Å². The van der Waals surface area contributed by atoms with Gasteiger partial charge in [-0.2, -0.15) is 0 Å². The molecule has 1 aromatic carbocycles. The fraction of sp³-hybridized carbons (Fsp3) is 0.667. The Morgan fingerprint density at radius 3 is 1.60 bits per heavy atom. The van der Waals surface area contributed by atoms with Crippen LogP contribution in [0.4, 0.5) is 4.70 Å². The van der Waals surface area contributed by atoms with Crippen molar-refractivity contribution >= 4 is 11.9 Å². The number of benzene rings is 1. The molecule has 0 bridgehead atoms. The lowest BCUT2D eigenvalue weighted by molar-refractivity contribution is -0.146. The number of hydrogen-bond donors (Lipinski definition) is 3. The fourth-order valence-electron chi connectivity index (χ4n) is 3.00. The van der Waals surface area contributed by atoms with Gasteiger partial charge in [-0.05, 0) is 5.56 Å². The summed E-state index contributed by atoms with van der Waals surface area (Å²) in [4.78, 5) is 21.2. The van der Waals surface area contributed by atoms with Gasteiger partial charge >= 0.3 is 11.9 Å². The maximum absolute atomic E-state index is 10.7. The van der Waals surface area contributed by atoms with E-state index in [0.29, 0.717) is 6.54 Å². The van der Waals surface area contributed by atoms with Crippen LogP contribution in [0.1, 0.15) is 96.5 Å². The van der Waals surface area contributed by atoms with Gasteiger partial charge in [0.05, 0.1) is 6.42 Å². The second-order valence-corrected chi connectivity index (χ2v) is 7.54. The van der Waals surface area contributed by atoms with E-state index in [2.05, 4.69) is 19.2 Å². The largest absolute Gasteiger partial charge is 0.481 e. The molecule has 3 N–H and O–H groups in total. The molecule has 0 aliphatic heterocycles. The van der Waals surface area contributed by atoms with E-state index in [0.717, 1.165) is 5.56 Å².